The number of hydrogen-bond acceptors (Lipinski definition) is 2. The molecule has 1 aliphatic heterocycles. The SMILES string of the molecule is CS(=O)(=O)N1CC1CBr. The standard InChI is InChI=1S/C4H8BrNO2S/c1-9(7,8)6-3-4(6)2-5/h4H,2-3H2,1H3. The molecule has 1 saturated heterocycles. The number of halogens is 1. The largest absolute Gasteiger partial charge is 0.212 e. The van der Waals surface area contributed by atoms with Crippen LogP contribution >= 0.6 is 15.9 Å². The molecule has 0 saturated carbocycles. The lowest BCUT2D eigenvalue weighted by atomic mass is 10.6. The molecule has 0 amide bonds. The lowest BCUT2D eigenvalue weighted by Crippen LogP contribution is -2.11. The molecule has 1 heterocycles. The fraction of sp³-hybridized carbons (Fsp3) is 1.00. The molecular weight excluding hydrogens is 206 g/mol. The Hall–Kier alpha value is 0.390. The first-order valence-corrected chi connectivity index (χ1v) is 5.55. The smallest absolute Gasteiger partial charge is 0.211 e. The molecule has 0 aromatic carbocycles. The van der Waals surface area contributed by atoms with Crippen LogP contribution in [0.15, 0.2) is 0 Å². The third-order valence-corrected chi connectivity index (χ3v) is 3.32. The van der Waals surface area contributed by atoms with Gasteiger partial charge >= 0.3 is 0 Å². The van der Waals surface area contributed by atoms with Crippen LogP contribution in [-0.2, 0) is 10.0 Å². The Balaban J connectivity index is 2.53. The topological polar surface area (TPSA) is 37.1 Å². The zero-order valence-corrected chi connectivity index (χ0v) is 7.44. The minimum absolute atomic E-state index is 0.222. The molecule has 0 aliphatic carbocycles. The van der Waals surface area contributed by atoms with Crippen LogP contribution in [0.3, 0.4) is 0 Å². The average molecular weight is 214 g/mol. The van der Waals surface area contributed by atoms with Crippen LogP contribution in [0.5, 0.6) is 0 Å². The summed E-state index contributed by atoms with van der Waals surface area (Å²) >= 11 is 3.20. The summed E-state index contributed by atoms with van der Waals surface area (Å²) in [5.41, 5.74) is 0. The maximum atomic E-state index is 10.7. The summed E-state index contributed by atoms with van der Waals surface area (Å²) in [5, 5.41) is 0.750. The molecule has 1 fully saturated rings. The Bertz CT molecular complexity index is 201. The van der Waals surface area contributed by atoms with E-state index in [4.69, 9.17) is 0 Å². The lowest BCUT2D eigenvalue weighted by molar-refractivity contribution is 0.563. The van der Waals surface area contributed by atoms with Crippen molar-refractivity contribution in [2.45, 2.75) is 6.04 Å². The first kappa shape index (κ1) is 7.50. The molecule has 0 aromatic heterocycles. The van der Waals surface area contributed by atoms with Crippen molar-refractivity contribution >= 4 is 26.0 Å². The third kappa shape index (κ3) is 1.65. The lowest BCUT2D eigenvalue weighted by Gasteiger charge is -1.94. The van der Waals surface area contributed by atoms with Crippen LogP contribution in [0.25, 0.3) is 0 Å². The zero-order chi connectivity index (χ0) is 7.07. The van der Waals surface area contributed by atoms with E-state index in [0.29, 0.717) is 6.54 Å². The molecule has 0 N–H and O–H groups in total. The van der Waals surface area contributed by atoms with Gasteiger partial charge in [-0.1, -0.05) is 15.9 Å². The van der Waals surface area contributed by atoms with E-state index in [1.54, 1.807) is 0 Å². The third-order valence-electron chi connectivity index (χ3n) is 1.27. The maximum absolute atomic E-state index is 10.7. The van der Waals surface area contributed by atoms with Crippen LogP contribution in [-0.4, -0.2) is 36.9 Å². The zero-order valence-electron chi connectivity index (χ0n) is 5.04. The van der Waals surface area contributed by atoms with Crippen molar-refractivity contribution in [1.29, 1.82) is 0 Å². The molecule has 5 heteroatoms. The van der Waals surface area contributed by atoms with Crippen molar-refractivity contribution in [1.82, 2.24) is 4.31 Å². The number of sulfonamides is 1. The number of rotatable bonds is 2. The van der Waals surface area contributed by atoms with Gasteiger partial charge in [0.25, 0.3) is 0 Å². The highest BCUT2D eigenvalue weighted by Gasteiger charge is 2.40. The van der Waals surface area contributed by atoms with Gasteiger partial charge in [0.2, 0.25) is 10.0 Å². The first-order chi connectivity index (χ1) is 4.05. The van der Waals surface area contributed by atoms with Gasteiger partial charge < -0.3 is 0 Å². The van der Waals surface area contributed by atoms with Crippen molar-refractivity contribution in [3.63, 3.8) is 0 Å². The Morgan fingerprint density at radius 1 is 1.78 bits per heavy atom. The second-order valence-electron chi connectivity index (χ2n) is 2.14. The van der Waals surface area contributed by atoms with E-state index in [1.165, 1.54) is 10.6 Å². The van der Waals surface area contributed by atoms with E-state index < -0.39 is 10.0 Å². The summed E-state index contributed by atoms with van der Waals surface area (Å²) in [4.78, 5) is 0. The van der Waals surface area contributed by atoms with Crippen LogP contribution in [0.4, 0.5) is 0 Å². The molecule has 2 atom stereocenters. The highest BCUT2D eigenvalue weighted by molar-refractivity contribution is 9.09. The highest BCUT2D eigenvalue weighted by atomic mass is 79.9. The Kier molecular flexibility index (Phi) is 1.84. The van der Waals surface area contributed by atoms with Crippen molar-refractivity contribution in [2.24, 2.45) is 0 Å². The van der Waals surface area contributed by atoms with E-state index in [9.17, 15) is 8.42 Å². The van der Waals surface area contributed by atoms with E-state index in [-0.39, 0.29) is 6.04 Å². The van der Waals surface area contributed by atoms with E-state index in [2.05, 4.69) is 15.9 Å². The van der Waals surface area contributed by atoms with Gasteiger partial charge in [-0.15, -0.1) is 0 Å². The predicted octanol–water partition coefficient (Wildman–Crippen LogP) is 0.0251. The van der Waals surface area contributed by atoms with Gasteiger partial charge in [-0.2, -0.15) is 4.31 Å². The monoisotopic (exact) mass is 213 g/mol. The summed E-state index contributed by atoms with van der Waals surface area (Å²) < 4.78 is 22.8. The Morgan fingerprint density at radius 2 is 2.33 bits per heavy atom. The summed E-state index contributed by atoms with van der Waals surface area (Å²) in [5.74, 6) is 0. The quantitative estimate of drug-likeness (QED) is 0.480. The maximum Gasteiger partial charge on any atom is 0.211 e. The molecular formula is C4H8BrNO2S. The minimum Gasteiger partial charge on any atom is -0.212 e. The fourth-order valence-corrected chi connectivity index (χ4v) is 2.50. The summed E-state index contributed by atoms with van der Waals surface area (Å²) in [6.07, 6.45) is 1.23. The highest BCUT2D eigenvalue weighted by Crippen LogP contribution is 2.22. The minimum atomic E-state index is -2.89. The van der Waals surface area contributed by atoms with Gasteiger partial charge in [-0.25, -0.2) is 8.42 Å². The van der Waals surface area contributed by atoms with Crippen molar-refractivity contribution in [3.05, 3.63) is 0 Å². The molecule has 3 nitrogen and oxygen atoms in total. The van der Waals surface area contributed by atoms with Crippen LogP contribution < -0.4 is 0 Å². The summed E-state index contributed by atoms with van der Waals surface area (Å²) in [7, 11) is -2.89. The van der Waals surface area contributed by atoms with Gasteiger partial charge in [-0.05, 0) is 0 Å². The van der Waals surface area contributed by atoms with Crippen LogP contribution in [0, 0.1) is 0 Å². The van der Waals surface area contributed by atoms with Crippen LogP contribution in [0.1, 0.15) is 0 Å². The summed E-state index contributed by atoms with van der Waals surface area (Å²) in [6, 6.07) is 0.222. The molecule has 0 radical (unpaired) electrons. The van der Waals surface area contributed by atoms with Crippen molar-refractivity contribution in [2.75, 3.05) is 18.1 Å². The van der Waals surface area contributed by atoms with Crippen molar-refractivity contribution < 1.29 is 8.42 Å². The number of alkyl halides is 1. The first-order valence-electron chi connectivity index (χ1n) is 2.58. The fourth-order valence-electron chi connectivity index (χ4n) is 0.693. The van der Waals surface area contributed by atoms with Gasteiger partial charge in [0.05, 0.1) is 6.26 Å². The molecule has 0 aromatic rings. The Morgan fingerprint density at radius 3 is 2.44 bits per heavy atom. The Labute approximate surface area is 63.2 Å². The van der Waals surface area contributed by atoms with Crippen molar-refractivity contribution in [3.8, 4) is 0 Å². The van der Waals surface area contributed by atoms with Gasteiger partial charge in [0.15, 0.2) is 0 Å². The normalized spacial score (nSPS) is 34.4. The second kappa shape index (κ2) is 2.21. The van der Waals surface area contributed by atoms with Crippen LogP contribution in [0.2, 0.25) is 0 Å². The molecule has 1 aliphatic rings. The predicted molar refractivity (Wildman–Crippen MR) is 39.1 cm³/mol. The molecule has 0 spiro atoms. The number of nitrogens with zero attached hydrogens (tertiary/aromatic N) is 1. The van der Waals surface area contributed by atoms with Gasteiger partial charge in [0, 0.05) is 17.9 Å². The molecule has 0 bridgehead atoms. The van der Waals surface area contributed by atoms with E-state index >= 15 is 0 Å². The van der Waals surface area contributed by atoms with E-state index in [0.717, 1.165) is 5.33 Å². The summed E-state index contributed by atoms with van der Waals surface area (Å²) in [6.45, 7) is 0.685. The van der Waals surface area contributed by atoms with Gasteiger partial charge in [-0.3, -0.25) is 0 Å². The van der Waals surface area contributed by atoms with Gasteiger partial charge in [0.1, 0.15) is 0 Å². The molecule has 54 valence electrons. The molecule has 9 heavy (non-hydrogen) atoms. The second-order valence-corrected chi connectivity index (χ2v) is 4.72. The average Bonchev–Trinajstić information content (AvgIpc) is 2.39. The molecule has 2 unspecified atom stereocenters. The van der Waals surface area contributed by atoms with E-state index in [1.807, 2.05) is 0 Å². The number of hydrogen-bond donors (Lipinski definition) is 0. The molecule has 1 rings (SSSR count).